The van der Waals surface area contributed by atoms with E-state index < -0.39 is 0 Å². The van der Waals surface area contributed by atoms with E-state index in [1.807, 2.05) is 25.1 Å². The monoisotopic (exact) mass is 283 g/mol. The third-order valence-corrected chi connectivity index (χ3v) is 3.35. The number of benzene rings is 2. The molecule has 0 saturated carbocycles. The Morgan fingerprint density at radius 1 is 1.24 bits per heavy atom. The van der Waals surface area contributed by atoms with E-state index in [0.717, 1.165) is 17.2 Å². The van der Waals surface area contributed by atoms with Gasteiger partial charge in [-0.2, -0.15) is 0 Å². The molecule has 0 saturated heterocycles. The minimum absolute atomic E-state index is 0.335. The Morgan fingerprint density at radius 2 is 2.10 bits per heavy atom. The van der Waals surface area contributed by atoms with Crippen LogP contribution in [-0.2, 0) is 0 Å². The molecule has 21 heavy (non-hydrogen) atoms. The number of rotatable bonds is 4. The number of ether oxygens (including phenoxy) is 1. The Labute approximate surface area is 121 Å². The lowest BCUT2D eigenvalue weighted by atomic mass is 10.1. The summed E-state index contributed by atoms with van der Waals surface area (Å²) in [5.41, 5.74) is 2.59. The van der Waals surface area contributed by atoms with Crippen LogP contribution in [-0.4, -0.2) is 17.9 Å². The summed E-state index contributed by atoms with van der Waals surface area (Å²) in [6.07, 6.45) is 0.787. The molecule has 2 aromatic carbocycles. The molecule has 0 aliphatic rings. The van der Waals surface area contributed by atoms with Crippen molar-refractivity contribution < 1.29 is 13.9 Å². The number of hydrogen-bond donors (Lipinski definition) is 1. The average Bonchev–Trinajstić information content (AvgIpc) is 2.85. The highest BCUT2D eigenvalue weighted by Gasteiger charge is 2.13. The molecule has 3 aromatic rings. The zero-order valence-corrected chi connectivity index (χ0v) is 11.5. The maximum atomic E-state index is 13.4. The van der Waals surface area contributed by atoms with Gasteiger partial charge in [0.25, 0.3) is 0 Å². The normalized spacial score (nSPS) is 10.8. The van der Waals surface area contributed by atoms with Gasteiger partial charge in [-0.15, -0.1) is 0 Å². The molecule has 1 aromatic heterocycles. The molecule has 4 heteroatoms. The summed E-state index contributed by atoms with van der Waals surface area (Å²) < 4.78 is 18.8. The van der Waals surface area contributed by atoms with Crippen molar-refractivity contribution in [1.82, 2.24) is 4.98 Å². The van der Waals surface area contributed by atoms with Gasteiger partial charge in [0, 0.05) is 22.0 Å². The van der Waals surface area contributed by atoms with Crippen molar-refractivity contribution in [2.45, 2.75) is 6.92 Å². The van der Waals surface area contributed by atoms with Gasteiger partial charge >= 0.3 is 0 Å². The second kappa shape index (κ2) is 5.40. The predicted octanol–water partition coefficient (Wildman–Crippen LogP) is 4.19. The van der Waals surface area contributed by atoms with Crippen molar-refractivity contribution in [3.8, 4) is 17.0 Å². The fourth-order valence-corrected chi connectivity index (χ4v) is 2.44. The fourth-order valence-electron chi connectivity index (χ4n) is 2.44. The molecule has 0 radical (unpaired) electrons. The first kappa shape index (κ1) is 13.4. The zero-order valence-electron chi connectivity index (χ0n) is 11.5. The molecule has 3 nitrogen and oxygen atoms in total. The highest BCUT2D eigenvalue weighted by atomic mass is 19.1. The first-order chi connectivity index (χ1) is 10.2. The van der Waals surface area contributed by atoms with E-state index in [-0.39, 0.29) is 5.82 Å². The lowest BCUT2D eigenvalue weighted by Crippen LogP contribution is -1.90. The summed E-state index contributed by atoms with van der Waals surface area (Å²) in [6, 6.07) is 11.7. The molecule has 3 rings (SSSR count). The van der Waals surface area contributed by atoms with Gasteiger partial charge in [-0.3, -0.25) is 4.79 Å². The largest absolute Gasteiger partial charge is 0.494 e. The molecule has 0 bridgehead atoms. The third kappa shape index (κ3) is 2.40. The van der Waals surface area contributed by atoms with Crippen LogP contribution in [0.1, 0.15) is 17.3 Å². The molecular formula is C17H14FNO2. The van der Waals surface area contributed by atoms with Crippen molar-refractivity contribution in [2.75, 3.05) is 6.61 Å². The van der Waals surface area contributed by atoms with E-state index in [2.05, 4.69) is 4.98 Å². The molecule has 0 spiro atoms. The number of aromatic nitrogens is 1. The summed E-state index contributed by atoms with van der Waals surface area (Å²) in [7, 11) is 0. The van der Waals surface area contributed by atoms with Crippen molar-refractivity contribution in [3.05, 3.63) is 53.8 Å². The topological polar surface area (TPSA) is 42.1 Å². The number of hydrogen-bond acceptors (Lipinski definition) is 2. The van der Waals surface area contributed by atoms with Crippen molar-refractivity contribution in [1.29, 1.82) is 0 Å². The molecule has 0 amide bonds. The summed E-state index contributed by atoms with van der Waals surface area (Å²) in [5.74, 6) is 0.371. The van der Waals surface area contributed by atoms with Gasteiger partial charge < -0.3 is 9.72 Å². The Balaban J connectivity index is 2.21. The number of nitrogens with one attached hydrogen (secondary N) is 1. The standard InChI is InChI=1S/C17H14FNO2/c1-2-21-13-6-7-16-14(9-13)15(10-20)17(19-16)11-4-3-5-12(18)8-11/h3-10,19H,2H2,1H3. The Bertz CT molecular complexity index is 808. The smallest absolute Gasteiger partial charge is 0.152 e. The summed E-state index contributed by atoms with van der Waals surface area (Å²) >= 11 is 0. The first-order valence-corrected chi connectivity index (χ1v) is 6.72. The number of carbonyl (C=O) groups is 1. The zero-order chi connectivity index (χ0) is 14.8. The van der Waals surface area contributed by atoms with E-state index in [4.69, 9.17) is 4.74 Å². The fraction of sp³-hybridized carbons (Fsp3) is 0.118. The number of H-pyrrole nitrogens is 1. The lowest BCUT2D eigenvalue weighted by Gasteiger charge is -2.02. The van der Waals surface area contributed by atoms with Crippen LogP contribution in [0.4, 0.5) is 4.39 Å². The van der Waals surface area contributed by atoms with Crippen LogP contribution in [0.3, 0.4) is 0 Å². The molecule has 0 unspecified atom stereocenters. The second-order valence-corrected chi connectivity index (χ2v) is 4.68. The summed E-state index contributed by atoms with van der Waals surface area (Å²) in [5, 5.41) is 0.773. The van der Waals surface area contributed by atoms with E-state index in [1.165, 1.54) is 12.1 Å². The minimum Gasteiger partial charge on any atom is -0.494 e. The van der Waals surface area contributed by atoms with Crippen molar-refractivity contribution in [3.63, 3.8) is 0 Å². The number of halogens is 1. The van der Waals surface area contributed by atoms with Gasteiger partial charge in [-0.05, 0) is 37.3 Å². The maximum absolute atomic E-state index is 13.4. The van der Waals surface area contributed by atoms with Crippen molar-refractivity contribution >= 4 is 17.2 Å². The van der Waals surface area contributed by atoms with E-state index in [1.54, 1.807) is 12.1 Å². The Hall–Kier alpha value is -2.62. The van der Waals surface area contributed by atoms with Crippen LogP contribution in [0.15, 0.2) is 42.5 Å². The maximum Gasteiger partial charge on any atom is 0.152 e. The number of fused-ring (bicyclic) bond motifs is 1. The highest BCUT2D eigenvalue weighted by molar-refractivity contribution is 6.04. The predicted molar refractivity (Wildman–Crippen MR) is 80.2 cm³/mol. The Morgan fingerprint density at radius 3 is 2.81 bits per heavy atom. The molecule has 0 atom stereocenters. The minimum atomic E-state index is -0.335. The molecular weight excluding hydrogens is 269 g/mol. The molecule has 106 valence electrons. The van der Waals surface area contributed by atoms with E-state index in [9.17, 15) is 9.18 Å². The van der Waals surface area contributed by atoms with Crippen LogP contribution in [0.2, 0.25) is 0 Å². The van der Waals surface area contributed by atoms with Gasteiger partial charge in [0.05, 0.1) is 12.3 Å². The van der Waals surface area contributed by atoms with E-state index in [0.29, 0.717) is 29.2 Å². The van der Waals surface area contributed by atoms with Gasteiger partial charge in [0.15, 0.2) is 6.29 Å². The van der Waals surface area contributed by atoms with Gasteiger partial charge in [0.2, 0.25) is 0 Å². The van der Waals surface area contributed by atoms with Crippen LogP contribution in [0.25, 0.3) is 22.2 Å². The number of aromatic amines is 1. The summed E-state index contributed by atoms with van der Waals surface area (Å²) in [4.78, 5) is 14.6. The van der Waals surface area contributed by atoms with Gasteiger partial charge in [-0.25, -0.2) is 4.39 Å². The molecule has 0 aliphatic heterocycles. The molecule has 1 heterocycles. The average molecular weight is 283 g/mol. The number of carbonyl (C=O) groups excluding carboxylic acids is 1. The van der Waals surface area contributed by atoms with Crippen LogP contribution < -0.4 is 4.74 Å². The second-order valence-electron chi connectivity index (χ2n) is 4.68. The SMILES string of the molecule is CCOc1ccc2[nH]c(-c3cccc(F)c3)c(C=O)c2c1. The molecule has 1 N–H and O–H groups in total. The van der Waals surface area contributed by atoms with Crippen LogP contribution in [0, 0.1) is 5.82 Å². The van der Waals surface area contributed by atoms with Crippen LogP contribution >= 0.6 is 0 Å². The van der Waals surface area contributed by atoms with Crippen LogP contribution in [0.5, 0.6) is 5.75 Å². The third-order valence-electron chi connectivity index (χ3n) is 3.35. The van der Waals surface area contributed by atoms with Gasteiger partial charge in [0.1, 0.15) is 11.6 Å². The first-order valence-electron chi connectivity index (χ1n) is 6.72. The highest BCUT2D eigenvalue weighted by Crippen LogP contribution is 2.31. The number of aldehydes is 1. The lowest BCUT2D eigenvalue weighted by molar-refractivity contribution is 0.112. The molecule has 0 aliphatic carbocycles. The molecule has 0 fully saturated rings. The van der Waals surface area contributed by atoms with Crippen molar-refractivity contribution in [2.24, 2.45) is 0 Å². The van der Waals surface area contributed by atoms with E-state index >= 15 is 0 Å². The summed E-state index contributed by atoms with van der Waals surface area (Å²) in [6.45, 7) is 2.46. The Kier molecular flexibility index (Phi) is 3.44. The van der Waals surface area contributed by atoms with Gasteiger partial charge in [-0.1, -0.05) is 12.1 Å². The quantitative estimate of drug-likeness (QED) is 0.730.